The summed E-state index contributed by atoms with van der Waals surface area (Å²) in [4.78, 5) is 11.4. The maximum Gasteiger partial charge on any atom is 0.213 e. The fourth-order valence-corrected chi connectivity index (χ4v) is 3.55. The van der Waals surface area contributed by atoms with Crippen molar-refractivity contribution in [2.75, 3.05) is 39.4 Å². The largest absolute Gasteiger partial charge is 0.475 e. The number of guanidine groups is 1. The number of morpholine rings is 1. The Balaban J connectivity index is 1.66. The van der Waals surface area contributed by atoms with E-state index in [0.29, 0.717) is 32.2 Å². The number of hydrogen-bond donors (Lipinski definition) is 2. The number of rotatable bonds is 9. The highest BCUT2D eigenvalue weighted by Gasteiger charge is 2.23. The summed E-state index contributed by atoms with van der Waals surface area (Å²) in [5.74, 6) is 1.12. The summed E-state index contributed by atoms with van der Waals surface area (Å²) < 4.78 is 24.6. The lowest BCUT2D eigenvalue weighted by atomic mass is 10.0. The molecule has 7 nitrogen and oxygen atoms in total. The van der Waals surface area contributed by atoms with Crippen LogP contribution in [0, 0.1) is 5.82 Å². The lowest BCUT2D eigenvalue weighted by Gasteiger charge is -2.35. The summed E-state index contributed by atoms with van der Waals surface area (Å²) in [6.45, 7) is 11.0. The molecule has 0 saturated carbocycles. The number of nitrogens with zero attached hydrogens (tertiary/aromatic N) is 3. The topological polar surface area (TPSA) is 71.0 Å². The molecule has 2 N–H and O–H groups in total. The highest BCUT2D eigenvalue weighted by molar-refractivity contribution is 5.79. The SMILES string of the molecule is CCNC(=NCc1ccc(OC(C)C)nc1)NCC(c1ccc(F)cc1)N1CCOCC1. The first kappa shape index (κ1) is 23.9. The van der Waals surface area contributed by atoms with Crippen molar-refractivity contribution in [3.05, 3.63) is 59.5 Å². The molecule has 0 spiro atoms. The second-order valence-electron chi connectivity index (χ2n) is 7.96. The van der Waals surface area contributed by atoms with Gasteiger partial charge in [-0.2, -0.15) is 0 Å². The van der Waals surface area contributed by atoms with Gasteiger partial charge in [0.25, 0.3) is 0 Å². The molecule has 0 radical (unpaired) electrons. The van der Waals surface area contributed by atoms with E-state index in [2.05, 4.69) is 20.5 Å². The lowest BCUT2D eigenvalue weighted by molar-refractivity contribution is 0.0170. The zero-order chi connectivity index (χ0) is 22.8. The fourth-order valence-electron chi connectivity index (χ4n) is 3.55. The normalized spacial score (nSPS) is 16.1. The monoisotopic (exact) mass is 443 g/mol. The third kappa shape index (κ3) is 7.46. The molecule has 3 rings (SSSR count). The standard InChI is InChI=1S/C24H34FN5O2/c1-4-26-24(28-16-19-5-10-23(27-15-19)32-18(2)3)29-17-22(30-11-13-31-14-12-30)20-6-8-21(25)9-7-20/h5-10,15,18,22H,4,11-14,16-17H2,1-3H3,(H2,26,28,29). The molecule has 0 aliphatic carbocycles. The minimum atomic E-state index is -0.226. The van der Waals surface area contributed by atoms with Gasteiger partial charge in [0.05, 0.1) is 31.9 Å². The number of aliphatic imine (C=N–C) groups is 1. The third-order valence-corrected chi connectivity index (χ3v) is 5.12. The number of halogens is 1. The van der Waals surface area contributed by atoms with Gasteiger partial charge in [0.2, 0.25) is 5.88 Å². The molecule has 1 saturated heterocycles. The molecular weight excluding hydrogens is 409 g/mol. The van der Waals surface area contributed by atoms with Gasteiger partial charge in [0.15, 0.2) is 5.96 Å². The Hall–Kier alpha value is -2.71. The Morgan fingerprint density at radius 3 is 2.53 bits per heavy atom. The molecule has 2 heterocycles. The maximum atomic E-state index is 13.5. The Bertz CT molecular complexity index is 836. The second-order valence-corrected chi connectivity index (χ2v) is 7.96. The van der Waals surface area contributed by atoms with Crippen molar-refractivity contribution >= 4 is 5.96 Å². The van der Waals surface area contributed by atoms with E-state index >= 15 is 0 Å². The van der Waals surface area contributed by atoms with Gasteiger partial charge in [0.1, 0.15) is 5.82 Å². The van der Waals surface area contributed by atoms with Crippen molar-refractivity contribution in [2.45, 2.75) is 39.5 Å². The average Bonchev–Trinajstić information content (AvgIpc) is 2.80. The lowest BCUT2D eigenvalue weighted by Crippen LogP contribution is -2.46. The number of nitrogens with one attached hydrogen (secondary N) is 2. The number of benzene rings is 1. The van der Waals surface area contributed by atoms with Crippen LogP contribution in [0.15, 0.2) is 47.6 Å². The van der Waals surface area contributed by atoms with Gasteiger partial charge in [-0.1, -0.05) is 18.2 Å². The summed E-state index contributed by atoms with van der Waals surface area (Å²) in [6, 6.07) is 10.7. The third-order valence-electron chi connectivity index (χ3n) is 5.12. The van der Waals surface area contributed by atoms with Crippen LogP contribution in [0.1, 0.15) is 37.9 Å². The van der Waals surface area contributed by atoms with E-state index in [1.54, 1.807) is 6.20 Å². The predicted molar refractivity (Wildman–Crippen MR) is 124 cm³/mol. The van der Waals surface area contributed by atoms with E-state index < -0.39 is 0 Å². The molecule has 32 heavy (non-hydrogen) atoms. The van der Waals surface area contributed by atoms with Crippen molar-refractivity contribution in [1.82, 2.24) is 20.5 Å². The van der Waals surface area contributed by atoms with Crippen LogP contribution < -0.4 is 15.4 Å². The van der Waals surface area contributed by atoms with Gasteiger partial charge >= 0.3 is 0 Å². The number of hydrogen-bond acceptors (Lipinski definition) is 5. The molecular formula is C24H34FN5O2. The quantitative estimate of drug-likeness (QED) is 0.458. The van der Waals surface area contributed by atoms with Crippen LogP contribution in [0.5, 0.6) is 5.88 Å². The van der Waals surface area contributed by atoms with Crippen molar-refractivity contribution in [2.24, 2.45) is 4.99 Å². The van der Waals surface area contributed by atoms with E-state index in [4.69, 9.17) is 14.5 Å². The fraction of sp³-hybridized carbons (Fsp3) is 0.500. The van der Waals surface area contributed by atoms with Crippen molar-refractivity contribution in [1.29, 1.82) is 0 Å². The maximum absolute atomic E-state index is 13.5. The van der Waals surface area contributed by atoms with Crippen LogP contribution in [0.2, 0.25) is 0 Å². The van der Waals surface area contributed by atoms with E-state index in [0.717, 1.165) is 36.7 Å². The molecule has 8 heteroatoms. The smallest absolute Gasteiger partial charge is 0.213 e. The highest BCUT2D eigenvalue weighted by atomic mass is 19.1. The Morgan fingerprint density at radius 2 is 1.91 bits per heavy atom. The summed E-state index contributed by atoms with van der Waals surface area (Å²) in [6.07, 6.45) is 1.89. The zero-order valence-electron chi connectivity index (χ0n) is 19.2. The minimum Gasteiger partial charge on any atom is -0.475 e. The molecule has 2 aromatic rings. The van der Waals surface area contributed by atoms with Crippen molar-refractivity contribution in [3.8, 4) is 5.88 Å². The van der Waals surface area contributed by atoms with Gasteiger partial charge < -0.3 is 20.1 Å². The van der Waals surface area contributed by atoms with Crippen LogP contribution >= 0.6 is 0 Å². The molecule has 1 aromatic carbocycles. The Kier molecular flexibility index (Phi) is 9.25. The second kappa shape index (κ2) is 12.4. The van der Waals surface area contributed by atoms with Gasteiger partial charge in [-0.05, 0) is 44.0 Å². The average molecular weight is 444 g/mol. The summed E-state index contributed by atoms with van der Waals surface area (Å²) in [5.41, 5.74) is 2.07. The molecule has 0 bridgehead atoms. The van der Waals surface area contributed by atoms with Crippen molar-refractivity contribution < 1.29 is 13.9 Å². The van der Waals surface area contributed by atoms with Gasteiger partial charge in [0, 0.05) is 38.4 Å². The predicted octanol–water partition coefficient (Wildman–Crippen LogP) is 3.14. The van der Waals surface area contributed by atoms with Crippen LogP contribution in [0.25, 0.3) is 0 Å². The molecule has 1 aliphatic rings. The Morgan fingerprint density at radius 1 is 1.16 bits per heavy atom. The zero-order valence-corrected chi connectivity index (χ0v) is 19.2. The highest BCUT2D eigenvalue weighted by Crippen LogP contribution is 2.21. The molecule has 1 aliphatic heterocycles. The first-order valence-electron chi connectivity index (χ1n) is 11.3. The Labute approximate surface area is 190 Å². The van der Waals surface area contributed by atoms with Crippen LogP contribution in [0.4, 0.5) is 4.39 Å². The molecule has 1 atom stereocenters. The van der Waals surface area contributed by atoms with E-state index in [1.807, 2.05) is 45.0 Å². The van der Waals surface area contributed by atoms with Crippen LogP contribution in [-0.4, -0.2) is 61.3 Å². The summed E-state index contributed by atoms with van der Waals surface area (Å²) in [5, 5.41) is 6.76. The first-order valence-corrected chi connectivity index (χ1v) is 11.3. The van der Waals surface area contributed by atoms with Gasteiger partial charge in [-0.15, -0.1) is 0 Å². The van der Waals surface area contributed by atoms with E-state index in [9.17, 15) is 4.39 Å². The first-order chi connectivity index (χ1) is 15.5. The van der Waals surface area contributed by atoms with Gasteiger partial charge in [-0.25, -0.2) is 14.4 Å². The minimum absolute atomic E-state index is 0.0939. The van der Waals surface area contributed by atoms with E-state index in [1.165, 1.54) is 12.1 Å². The van der Waals surface area contributed by atoms with Gasteiger partial charge in [-0.3, -0.25) is 4.90 Å². The summed E-state index contributed by atoms with van der Waals surface area (Å²) in [7, 11) is 0. The van der Waals surface area contributed by atoms with Crippen LogP contribution in [0.3, 0.4) is 0 Å². The number of aromatic nitrogens is 1. The number of pyridine rings is 1. The van der Waals surface area contributed by atoms with E-state index in [-0.39, 0.29) is 18.0 Å². The van der Waals surface area contributed by atoms with Crippen molar-refractivity contribution in [3.63, 3.8) is 0 Å². The number of ether oxygens (including phenoxy) is 2. The molecule has 174 valence electrons. The molecule has 1 aromatic heterocycles. The molecule has 1 fully saturated rings. The summed E-state index contributed by atoms with van der Waals surface area (Å²) >= 11 is 0. The molecule has 0 amide bonds. The molecule has 1 unspecified atom stereocenters. The van der Waals surface area contributed by atoms with Crippen LogP contribution in [-0.2, 0) is 11.3 Å².